The van der Waals surface area contributed by atoms with Crippen molar-refractivity contribution in [3.63, 3.8) is 0 Å². The highest BCUT2D eigenvalue weighted by atomic mass is 16.5. The largest absolute Gasteiger partial charge is 0.496 e. The van der Waals surface area contributed by atoms with Gasteiger partial charge in [0.2, 0.25) is 0 Å². The first-order valence-electron chi connectivity index (χ1n) is 4.91. The van der Waals surface area contributed by atoms with E-state index in [0.29, 0.717) is 0 Å². The Labute approximate surface area is 89.7 Å². The third kappa shape index (κ3) is 2.98. The van der Waals surface area contributed by atoms with E-state index in [1.807, 2.05) is 32.0 Å². The molecular formula is C12H16O3. The average Bonchev–Trinajstić information content (AvgIpc) is 2.16. The minimum absolute atomic E-state index is 0.0344. The maximum atomic E-state index is 10.6. The second kappa shape index (κ2) is 4.82. The summed E-state index contributed by atoms with van der Waals surface area (Å²) in [6.07, 6.45) is 0.159. The van der Waals surface area contributed by atoms with Gasteiger partial charge in [-0.15, -0.1) is 0 Å². The van der Waals surface area contributed by atoms with Crippen molar-refractivity contribution in [2.75, 3.05) is 7.11 Å². The first kappa shape index (κ1) is 11.6. The van der Waals surface area contributed by atoms with Crippen LogP contribution in [-0.4, -0.2) is 18.2 Å². The number of ether oxygens (including phenoxy) is 1. The van der Waals surface area contributed by atoms with Crippen LogP contribution in [0.3, 0.4) is 0 Å². The van der Waals surface area contributed by atoms with E-state index in [0.717, 1.165) is 16.9 Å². The van der Waals surface area contributed by atoms with Crippen LogP contribution in [0.5, 0.6) is 5.75 Å². The quantitative estimate of drug-likeness (QED) is 0.827. The van der Waals surface area contributed by atoms with Crippen LogP contribution in [0.25, 0.3) is 0 Å². The van der Waals surface area contributed by atoms with E-state index in [9.17, 15) is 4.79 Å². The lowest BCUT2D eigenvalue weighted by Gasteiger charge is -2.12. The standard InChI is InChI=1S/C12H16O3/c1-8(7-12(13)14)10-4-5-11(15-3)9(2)6-10/h4-6,8H,7H2,1-3H3,(H,13,14). The highest BCUT2D eigenvalue weighted by molar-refractivity contribution is 5.68. The Hall–Kier alpha value is -1.51. The maximum Gasteiger partial charge on any atom is 0.303 e. The Bertz CT molecular complexity index is 358. The molecule has 0 spiro atoms. The molecule has 0 aromatic heterocycles. The normalized spacial score (nSPS) is 12.2. The van der Waals surface area contributed by atoms with Gasteiger partial charge in [-0.25, -0.2) is 0 Å². The maximum absolute atomic E-state index is 10.6. The number of carbonyl (C=O) groups is 1. The minimum Gasteiger partial charge on any atom is -0.496 e. The summed E-state index contributed by atoms with van der Waals surface area (Å²) in [5.41, 5.74) is 2.07. The summed E-state index contributed by atoms with van der Waals surface area (Å²) in [6.45, 7) is 3.87. The summed E-state index contributed by atoms with van der Waals surface area (Å²) >= 11 is 0. The summed E-state index contributed by atoms with van der Waals surface area (Å²) < 4.78 is 5.14. The summed E-state index contributed by atoms with van der Waals surface area (Å²) in [5.74, 6) is 0.101. The van der Waals surface area contributed by atoms with Gasteiger partial charge in [-0.2, -0.15) is 0 Å². The zero-order valence-corrected chi connectivity index (χ0v) is 9.28. The fourth-order valence-corrected chi connectivity index (χ4v) is 1.59. The van der Waals surface area contributed by atoms with E-state index in [4.69, 9.17) is 9.84 Å². The zero-order valence-electron chi connectivity index (χ0n) is 9.28. The number of hydrogen-bond acceptors (Lipinski definition) is 2. The second-order valence-corrected chi connectivity index (χ2v) is 3.73. The van der Waals surface area contributed by atoms with E-state index in [1.165, 1.54) is 0 Å². The molecule has 0 fully saturated rings. The number of rotatable bonds is 4. The van der Waals surface area contributed by atoms with E-state index in [-0.39, 0.29) is 12.3 Å². The van der Waals surface area contributed by atoms with Gasteiger partial charge in [0.15, 0.2) is 0 Å². The van der Waals surface area contributed by atoms with Crippen molar-refractivity contribution in [3.8, 4) is 5.75 Å². The van der Waals surface area contributed by atoms with Crippen molar-refractivity contribution >= 4 is 5.97 Å². The summed E-state index contributed by atoms with van der Waals surface area (Å²) in [7, 11) is 1.63. The monoisotopic (exact) mass is 208 g/mol. The van der Waals surface area contributed by atoms with Crippen LogP contribution in [0.15, 0.2) is 18.2 Å². The number of hydrogen-bond donors (Lipinski definition) is 1. The third-order valence-corrected chi connectivity index (χ3v) is 2.47. The number of aryl methyl sites for hydroxylation is 1. The molecule has 0 aliphatic carbocycles. The molecule has 0 amide bonds. The lowest BCUT2D eigenvalue weighted by molar-refractivity contribution is -0.137. The fourth-order valence-electron chi connectivity index (χ4n) is 1.59. The SMILES string of the molecule is COc1ccc(C(C)CC(=O)O)cc1C. The minimum atomic E-state index is -0.768. The van der Waals surface area contributed by atoms with Gasteiger partial charge in [0.05, 0.1) is 13.5 Å². The molecule has 15 heavy (non-hydrogen) atoms. The lowest BCUT2D eigenvalue weighted by atomic mass is 9.96. The third-order valence-electron chi connectivity index (χ3n) is 2.47. The average molecular weight is 208 g/mol. The Morgan fingerprint density at radius 1 is 1.53 bits per heavy atom. The van der Waals surface area contributed by atoms with E-state index in [1.54, 1.807) is 7.11 Å². The highest BCUT2D eigenvalue weighted by Crippen LogP contribution is 2.25. The predicted molar refractivity (Wildman–Crippen MR) is 58.4 cm³/mol. The summed E-state index contributed by atoms with van der Waals surface area (Å²) in [6, 6.07) is 5.77. The van der Waals surface area contributed by atoms with Crippen molar-refractivity contribution in [3.05, 3.63) is 29.3 Å². The Morgan fingerprint density at radius 3 is 2.67 bits per heavy atom. The summed E-state index contributed by atoms with van der Waals surface area (Å²) in [5, 5.41) is 8.69. The smallest absolute Gasteiger partial charge is 0.303 e. The Morgan fingerprint density at radius 2 is 2.20 bits per heavy atom. The van der Waals surface area contributed by atoms with Crippen molar-refractivity contribution in [2.45, 2.75) is 26.2 Å². The number of methoxy groups -OCH3 is 1. The van der Waals surface area contributed by atoms with E-state index < -0.39 is 5.97 Å². The molecule has 0 radical (unpaired) electrons. The molecule has 0 heterocycles. The van der Waals surface area contributed by atoms with Gasteiger partial charge in [0, 0.05) is 0 Å². The fraction of sp³-hybridized carbons (Fsp3) is 0.417. The van der Waals surface area contributed by atoms with Crippen LogP contribution in [0.2, 0.25) is 0 Å². The van der Waals surface area contributed by atoms with Crippen LogP contribution >= 0.6 is 0 Å². The van der Waals surface area contributed by atoms with Crippen LogP contribution in [0, 0.1) is 6.92 Å². The molecule has 1 rings (SSSR count). The number of aliphatic carboxylic acids is 1. The summed E-state index contributed by atoms with van der Waals surface area (Å²) in [4.78, 5) is 10.6. The highest BCUT2D eigenvalue weighted by Gasteiger charge is 2.11. The molecule has 82 valence electrons. The molecule has 0 saturated heterocycles. The lowest BCUT2D eigenvalue weighted by Crippen LogP contribution is -2.03. The van der Waals surface area contributed by atoms with Crippen molar-refractivity contribution in [1.82, 2.24) is 0 Å². The van der Waals surface area contributed by atoms with Gasteiger partial charge in [0.25, 0.3) is 0 Å². The Balaban J connectivity index is 2.87. The van der Waals surface area contributed by atoms with Gasteiger partial charge in [-0.05, 0) is 30.0 Å². The van der Waals surface area contributed by atoms with Crippen LogP contribution in [0.4, 0.5) is 0 Å². The molecule has 1 unspecified atom stereocenters. The molecule has 1 atom stereocenters. The van der Waals surface area contributed by atoms with Gasteiger partial charge in [0.1, 0.15) is 5.75 Å². The van der Waals surface area contributed by atoms with Gasteiger partial charge in [-0.3, -0.25) is 4.79 Å². The van der Waals surface area contributed by atoms with Crippen LogP contribution in [-0.2, 0) is 4.79 Å². The van der Waals surface area contributed by atoms with Gasteiger partial charge >= 0.3 is 5.97 Å². The van der Waals surface area contributed by atoms with Crippen molar-refractivity contribution < 1.29 is 14.6 Å². The topological polar surface area (TPSA) is 46.5 Å². The molecule has 0 aliphatic heterocycles. The first-order chi connectivity index (χ1) is 7.04. The first-order valence-corrected chi connectivity index (χ1v) is 4.91. The van der Waals surface area contributed by atoms with Crippen molar-refractivity contribution in [2.24, 2.45) is 0 Å². The molecular weight excluding hydrogens is 192 g/mol. The molecule has 0 saturated carbocycles. The van der Waals surface area contributed by atoms with Crippen LogP contribution in [0.1, 0.15) is 30.4 Å². The van der Waals surface area contributed by atoms with E-state index >= 15 is 0 Å². The molecule has 1 aromatic carbocycles. The second-order valence-electron chi connectivity index (χ2n) is 3.73. The molecule has 0 bridgehead atoms. The molecule has 3 nitrogen and oxygen atoms in total. The number of carboxylic acid groups (broad SMARTS) is 1. The number of benzene rings is 1. The van der Waals surface area contributed by atoms with Crippen LogP contribution < -0.4 is 4.74 Å². The zero-order chi connectivity index (χ0) is 11.4. The van der Waals surface area contributed by atoms with Crippen molar-refractivity contribution in [1.29, 1.82) is 0 Å². The van der Waals surface area contributed by atoms with E-state index in [2.05, 4.69) is 0 Å². The number of carboxylic acids is 1. The predicted octanol–water partition coefficient (Wildman–Crippen LogP) is 2.58. The molecule has 1 aromatic rings. The Kier molecular flexibility index (Phi) is 3.72. The van der Waals surface area contributed by atoms with Gasteiger partial charge in [-0.1, -0.05) is 19.1 Å². The molecule has 0 aliphatic rings. The molecule has 1 N–H and O–H groups in total. The van der Waals surface area contributed by atoms with Gasteiger partial charge < -0.3 is 9.84 Å². The molecule has 3 heteroatoms.